The average molecular weight is 281 g/mol. The highest BCUT2D eigenvalue weighted by molar-refractivity contribution is 7.42. The van der Waals surface area contributed by atoms with Crippen molar-refractivity contribution in [3.05, 3.63) is 48.3 Å². The van der Waals surface area contributed by atoms with Crippen molar-refractivity contribution in [2.75, 3.05) is 0 Å². The predicted molar refractivity (Wildman–Crippen MR) is 79.7 cm³/mol. The van der Waals surface area contributed by atoms with Gasteiger partial charge in [-0.2, -0.15) is 4.57 Å². The number of benzene rings is 1. The van der Waals surface area contributed by atoms with Gasteiger partial charge in [0.15, 0.2) is 10.6 Å². The van der Waals surface area contributed by atoms with Crippen LogP contribution in [0.4, 0.5) is 0 Å². The van der Waals surface area contributed by atoms with Crippen molar-refractivity contribution in [1.29, 1.82) is 0 Å². The quantitative estimate of drug-likeness (QED) is 0.394. The predicted octanol–water partition coefficient (Wildman–Crippen LogP) is 3.83. The summed E-state index contributed by atoms with van der Waals surface area (Å²) in [6, 6.07) is 10.8. The Hall–Kier alpha value is -1.78. The molecule has 4 aromatic rings. The molecule has 1 aliphatic rings. The van der Waals surface area contributed by atoms with E-state index < -0.39 is 0 Å². The van der Waals surface area contributed by atoms with E-state index in [0.717, 1.165) is 6.54 Å². The van der Waals surface area contributed by atoms with E-state index in [4.69, 9.17) is 0 Å². The van der Waals surface area contributed by atoms with Crippen LogP contribution in [0.25, 0.3) is 30.2 Å². The lowest BCUT2D eigenvalue weighted by atomic mass is 10.2. The third-order valence-electron chi connectivity index (χ3n) is 3.71. The lowest BCUT2D eigenvalue weighted by Crippen LogP contribution is -2.30. The number of thiophene rings is 1. The molecule has 0 saturated carbocycles. The molecule has 1 aromatic carbocycles. The summed E-state index contributed by atoms with van der Waals surface area (Å²) in [4.78, 5) is 4.27. The Morgan fingerprint density at radius 3 is 3.05 bits per heavy atom. The van der Waals surface area contributed by atoms with Crippen molar-refractivity contribution >= 4 is 42.3 Å². The second-order valence-corrected chi connectivity index (χ2v) is 7.07. The van der Waals surface area contributed by atoms with E-state index in [9.17, 15) is 0 Å². The Morgan fingerprint density at radius 1 is 1.11 bits per heavy atom. The number of hydrogen-bond donors (Lipinski definition) is 0. The number of hydrogen-bond acceptors (Lipinski definition) is 3. The van der Waals surface area contributed by atoms with Gasteiger partial charge in [0.05, 0.1) is 10.9 Å². The molecule has 0 atom stereocenters. The summed E-state index contributed by atoms with van der Waals surface area (Å²) in [6.07, 6.45) is 3.88. The topological polar surface area (TPSA) is 16.8 Å². The molecule has 0 radical (unpaired) electrons. The molecule has 0 saturated heterocycles. The molecule has 4 heteroatoms. The maximum absolute atomic E-state index is 4.27. The molecule has 0 N–H and O–H groups in total. The summed E-state index contributed by atoms with van der Waals surface area (Å²) < 4.78 is 5.25. The fourth-order valence-electron chi connectivity index (χ4n) is 2.85. The van der Waals surface area contributed by atoms with Crippen LogP contribution in [0, 0.1) is 0 Å². The minimum atomic E-state index is 0.980. The van der Waals surface area contributed by atoms with Gasteiger partial charge < -0.3 is 0 Å². The van der Waals surface area contributed by atoms with Crippen molar-refractivity contribution in [2.45, 2.75) is 6.54 Å². The van der Waals surface area contributed by atoms with Gasteiger partial charge in [-0.15, -0.1) is 11.3 Å². The van der Waals surface area contributed by atoms with Gasteiger partial charge >= 0.3 is 0 Å². The van der Waals surface area contributed by atoms with Crippen molar-refractivity contribution < 1.29 is 4.57 Å². The third kappa shape index (κ3) is 1.20. The zero-order valence-electron chi connectivity index (χ0n) is 9.96. The second-order valence-electron chi connectivity index (χ2n) is 4.76. The van der Waals surface area contributed by atoms with E-state index in [2.05, 4.69) is 39.9 Å². The molecule has 1 aliphatic heterocycles. The highest BCUT2D eigenvalue weighted by Crippen LogP contribution is 2.41. The zero-order valence-corrected chi connectivity index (χ0v) is 11.6. The molecule has 0 spiro atoms. The molecule has 2 nitrogen and oxygen atoms in total. The van der Waals surface area contributed by atoms with Crippen LogP contribution < -0.4 is 4.57 Å². The standard InChI is InChI=1S/C15H9N2S2/c1-2-4-12-10(3-1)13-15(18-12)19-14-11-7-16-6-5-9(11)8-17(13)14/h1-7H,8H2/q+1. The molecule has 0 unspecified atom stereocenters. The molecule has 19 heavy (non-hydrogen) atoms. The van der Waals surface area contributed by atoms with Crippen LogP contribution in [0.3, 0.4) is 0 Å². The Bertz CT molecular complexity index is 949. The largest absolute Gasteiger partial charge is 0.273 e. The van der Waals surface area contributed by atoms with Gasteiger partial charge in [-0.1, -0.05) is 23.5 Å². The van der Waals surface area contributed by atoms with Gasteiger partial charge in [-0.3, -0.25) is 4.98 Å². The van der Waals surface area contributed by atoms with Crippen molar-refractivity contribution in [3.8, 4) is 10.6 Å². The molecule has 0 aliphatic carbocycles. The Labute approximate surface area is 117 Å². The van der Waals surface area contributed by atoms with Crippen LogP contribution in [-0.2, 0) is 6.54 Å². The molecular formula is C15H9N2S2+. The summed E-state index contributed by atoms with van der Waals surface area (Å²) in [5.41, 5.74) is 4.09. The number of rotatable bonds is 0. The Kier molecular flexibility index (Phi) is 1.80. The molecule has 0 bridgehead atoms. The maximum atomic E-state index is 4.27. The lowest BCUT2D eigenvalue weighted by molar-refractivity contribution is -0.641. The van der Waals surface area contributed by atoms with Crippen molar-refractivity contribution in [1.82, 2.24) is 4.98 Å². The van der Waals surface area contributed by atoms with Gasteiger partial charge in [0, 0.05) is 22.7 Å². The molecule has 0 fully saturated rings. The number of fused-ring (bicyclic) bond motifs is 7. The first-order chi connectivity index (χ1) is 9.42. The highest BCUT2D eigenvalue weighted by Gasteiger charge is 2.33. The third-order valence-corrected chi connectivity index (χ3v) is 6.18. The molecule has 4 heterocycles. The van der Waals surface area contributed by atoms with Gasteiger partial charge in [-0.25, -0.2) is 0 Å². The van der Waals surface area contributed by atoms with Crippen LogP contribution in [0.2, 0.25) is 0 Å². The SMILES string of the molecule is c1ccc2c(c1)sc1sc3[n+](c12)Cc1ccncc1-3. The summed E-state index contributed by atoms with van der Waals surface area (Å²) in [5, 5.41) is 2.74. The van der Waals surface area contributed by atoms with E-state index in [1.165, 1.54) is 35.8 Å². The van der Waals surface area contributed by atoms with E-state index in [0.29, 0.717) is 0 Å². The van der Waals surface area contributed by atoms with Crippen molar-refractivity contribution in [3.63, 3.8) is 0 Å². The van der Waals surface area contributed by atoms with Crippen LogP contribution in [-0.4, -0.2) is 4.98 Å². The molecule has 5 rings (SSSR count). The first-order valence-corrected chi connectivity index (χ1v) is 7.82. The maximum Gasteiger partial charge on any atom is 0.273 e. The fraction of sp³-hybridized carbons (Fsp3) is 0.0667. The van der Waals surface area contributed by atoms with Crippen LogP contribution in [0.15, 0.2) is 42.7 Å². The number of thiazole rings is 1. The average Bonchev–Trinajstić information content (AvgIpc) is 3.05. The minimum absolute atomic E-state index is 0.980. The normalized spacial score (nSPS) is 13.1. The van der Waals surface area contributed by atoms with Gasteiger partial charge in [0.25, 0.3) is 5.01 Å². The van der Waals surface area contributed by atoms with Crippen molar-refractivity contribution in [2.24, 2.45) is 0 Å². The van der Waals surface area contributed by atoms with Crippen LogP contribution >= 0.6 is 22.7 Å². The summed E-state index contributed by atoms with van der Waals surface area (Å²) in [6.45, 7) is 0.980. The minimum Gasteiger partial charge on any atom is -0.264 e. The summed E-state index contributed by atoms with van der Waals surface area (Å²) in [5.74, 6) is 0. The van der Waals surface area contributed by atoms with Crippen LogP contribution in [0.5, 0.6) is 0 Å². The lowest BCUT2D eigenvalue weighted by Gasteiger charge is -1.89. The molecule has 90 valence electrons. The first-order valence-electron chi connectivity index (χ1n) is 6.19. The molecule has 3 aromatic heterocycles. The number of pyridine rings is 1. The van der Waals surface area contributed by atoms with E-state index in [1.807, 2.05) is 35.1 Å². The van der Waals surface area contributed by atoms with Gasteiger partial charge in [0.2, 0.25) is 5.52 Å². The second kappa shape index (κ2) is 3.40. The monoisotopic (exact) mass is 281 g/mol. The Morgan fingerprint density at radius 2 is 2.05 bits per heavy atom. The number of nitrogens with zero attached hydrogens (tertiary/aromatic N) is 2. The molecule has 0 amide bonds. The van der Waals surface area contributed by atoms with Gasteiger partial charge in [0.1, 0.15) is 0 Å². The Balaban J connectivity index is 1.94. The van der Waals surface area contributed by atoms with E-state index >= 15 is 0 Å². The molecular weight excluding hydrogens is 272 g/mol. The zero-order chi connectivity index (χ0) is 12.4. The fourth-order valence-corrected chi connectivity index (χ4v) is 5.52. The number of aromatic nitrogens is 2. The highest BCUT2D eigenvalue weighted by atomic mass is 32.2. The van der Waals surface area contributed by atoms with Gasteiger partial charge in [-0.05, 0) is 18.2 Å². The van der Waals surface area contributed by atoms with E-state index in [-0.39, 0.29) is 0 Å². The smallest absolute Gasteiger partial charge is 0.264 e. The summed E-state index contributed by atoms with van der Waals surface area (Å²) >= 11 is 3.79. The summed E-state index contributed by atoms with van der Waals surface area (Å²) in [7, 11) is 0. The first kappa shape index (κ1) is 10.1. The van der Waals surface area contributed by atoms with E-state index in [1.54, 1.807) is 0 Å². The van der Waals surface area contributed by atoms with Crippen LogP contribution in [0.1, 0.15) is 5.56 Å².